The van der Waals surface area contributed by atoms with Gasteiger partial charge in [-0.05, 0) is 31.1 Å². The maximum atomic E-state index is 6.15. The fourth-order valence-electron chi connectivity index (χ4n) is 2.49. The maximum Gasteiger partial charge on any atom is 0.0462 e. The minimum absolute atomic E-state index is 0.410. The molecule has 0 aliphatic heterocycles. The van der Waals surface area contributed by atoms with Crippen LogP contribution >= 0.6 is 0 Å². The van der Waals surface area contributed by atoms with E-state index in [1.165, 1.54) is 19.3 Å². The predicted octanol–water partition coefficient (Wildman–Crippen LogP) is 2.18. The molecule has 1 aliphatic carbocycles. The summed E-state index contributed by atoms with van der Waals surface area (Å²) in [6.45, 7) is 3.20. The third-order valence-electron chi connectivity index (χ3n) is 3.36. The Labute approximate surface area is 81.8 Å². The van der Waals surface area contributed by atoms with Crippen LogP contribution in [0.4, 0.5) is 0 Å². The minimum atomic E-state index is 0.410. The summed E-state index contributed by atoms with van der Waals surface area (Å²) >= 11 is 0. The quantitative estimate of drug-likeness (QED) is 0.666. The van der Waals surface area contributed by atoms with Gasteiger partial charge in [-0.1, -0.05) is 19.8 Å². The van der Waals surface area contributed by atoms with Crippen LogP contribution in [0.3, 0.4) is 0 Å². The molecule has 0 radical (unpaired) electrons. The highest BCUT2D eigenvalue weighted by Crippen LogP contribution is 2.34. The van der Waals surface area contributed by atoms with Crippen LogP contribution in [0.25, 0.3) is 0 Å². The molecule has 1 aliphatic rings. The summed E-state index contributed by atoms with van der Waals surface area (Å²) in [5.74, 6) is 1.62. The molecule has 0 amide bonds. The Morgan fingerprint density at radius 2 is 2.23 bits per heavy atom. The van der Waals surface area contributed by atoms with Crippen molar-refractivity contribution in [2.45, 2.75) is 45.1 Å². The Morgan fingerprint density at radius 3 is 2.77 bits per heavy atom. The van der Waals surface area contributed by atoms with Crippen LogP contribution in [0, 0.1) is 11.8 Å². The highest BCUT2D eigenvalue weighted by atomic mass is 16.5. The van der Waals surface area contributed by atoms with Gasteiger partial charge in [0.25, 0.3) is 0 Å². The van der Waals surface area contributed by atoms with Crippen molar-refractivity contribution in [3.05, 3.63) is 0 Å². The predicted molar refractivity (Wildman–Crippen MR) is 55.6 cm³/mol. The summed E-state index contributed by atoms with van der Waals surface area (Å²) in [5, 5.41) is 0. The van der Waals surface area contributed by atoms with Crippen molar-refractivity contribution in [3.63, 3.8) is 0 Å². The molecule has 78 valence electrons. The molecule has 0 saturated heterocycles. The molecule has 0 heterocycles. The monoisotopic (exact) mass is 185 g/mol. The minimum Gasteiger partial charge on any atom is -0.385 e. The maximum absolute atomic E-state index is 6.15. The van der Waals surface area contributed by atoms with E-state index in [2.05, 4.69) is 6.92 Å². The van der Waals surface area contributed by atoms with Gasteiger partial charge in [0.2, 0.25) is 0 Å². The molecular weight excluding hydrogens is 162 g/mol. The third kappa shape index (κ3) is 3.28. The Hall–Kier alpha value is -0.0800. The number of rotatable bonds is 5. The Balaban J connectivity index is 2.18. The standard InChI is InChI=1S/C11H23NO/c1-9-5-3-6-10(9)11(12)7-4-8-13-2/h9-11H,3-8,12H2,1-2H3. The molecule has 2 heteroatoms. The topological polar surface area (TPSA) is 35.2 Å². The van der Waals surface area contributed by atoms with Crippen molar-refractivity contribution in [2.75, 3.05) is 13.7 Å². The van der Waals surface area contributed by atoms with Crippen molar-refractivity contribution in [2.24, 2.45) is 17.6 Å². The van der Waals surface area contributed by atoms with Crippen LogP contribution in [0.5, 0.6) is 0 Å². The smallest absolute Gasteiger partial charge is 0.0462 e. The molecule has 1 fully saturated rings. The van der Waals surface area contributed by atoms with E-state index in [9.17, 15) is 0 Å². The Kier molecular flexibility index (Phi) is 4.74. The van der Waals surface area contributed by atoms with Crippen molar-refractivity contribution in [1.82, 2.24) is 0 Å². The largest absolute Gasteiger partial charge is 0.385 e. The van der Waals surface area contributed by atoms with E-state index >= 15 is 0 Å². The zero-order chi connectivity index (χ0) is 9.68. The lowest BCUT2D eigenvalue weighted by Crippen LogP contribution is -2.31. The lowest BCUT2D eigenvalue weighted by molar-refractivity contribution is 0.185. The normalized spacial score (nSPS) is 30.7. The van der Waals surface area contributed by atoms with Crippen molar-refractivity contribution in [3.8, 4) is 0 Å². The molecule has 0 bridgehead atoms. The molecule has 3 atom stereocenters. The molecule has 3 unspecified atom stereocenters. The highest BCUT2D eigenvalue weighted by molar-refractivity contribution is 4.82. The number of ether oxygens (including phenoxy) is 1. The van der Waals surface area contributed by atoms with Gasteiger partial charge in [-0.3, -0.25) is 0 Å². The van der Waals surface area contributed by atoms with Crippen LogP contribution in [0.2, 0.25) is 0 Å². The second kappa shape index (κ2) is 5.61. The van der Waals surface area contributed by atoms with E-state index in [-0.39, 0.29) is 0 Å². The van der Waals surface area contributed by atoms with Crippen LogP contribution < -0.4 is 5.73 Å². The first-order valence-electron chi connectivity index (χ1n) is 5.50. The first-order chi connectivity index (χ1) is 6.25. The second-order valence-electron chi connectivity index (χ2n) is 4.37. The van der Waals surface area contributed by atoms with Crippen molar-refractivity contribution >= 4 is 0 Å². The van der Waals surface area contributed by atoms with E-state index in [1.54, 1.807) is 7.11 Å². The van der Waals surface area contributed by atoms with Gasteiger partial charge in [0.05, 0.1) is 0 Å². The van der Waals surface area contributed by atoms with Gasteiger partial charge in [0.1, 0.15) is 0 Å². The zero-order valence-electron chi connectivity index (χ0n) is 8.96. The summed E-state index contributed by atoms with van der Waals surface area (Å²) < 4.78 is 5.03. The molecule has 0 aromatic heterocycles. The van der Waals surface area contributed by atoms with Gasteiger partial charge < -0.3 is 10.5 Å². The van der Waals surface area contributed by atoms with E-state index in [0.717, 1.165) is 31.3 Å². The van der Waals surface area contributed by atoms with Crippen LogP contribution in [-0.2, 0) is 4.74 Å². The first-order valence-corrected chi connectivity index (χ1v) is 5.50. The number of nitrogens with two attached hydrogens (primary N) is 1. The van der Waals surface area contributed by atoms with Crippen molar-refractivity contribution in [1.29, 1.82) is 0 Å². The lowest BCUT2D eigenvalue weighted by Gasteiger charge is -2.22. The van der Waals surface area contributed by atoms with E-state index < -0.39 is 0 Å². The summed E-state index contributed by atoms with van der Waals surface area (Å²) in [6, 6.07) is 0.410. The molecular formula is C11H23NO. The van der Waals surface area contributed by atoms with Gasteiger partial charge in [-0.15, -0.1) is 0 Å². The Bertz CT molecular complexity index is 138. The SMILES string of the molecule is COCCCC(N)C1CCCC1C. The molecule has 0 aromatic rings. The van der Waals surface area contributed by atoms with E-state index in [0.29, 0.717) is 6.04 Å². The number of methoxy groups -OCH3 is 1. The summed E-state index contributed by atoms with van der Waals surface area (Å²) in [4.78, 5) is 0. The summed E-state index contributed by atoms with van der Waals surface area (Å²) in [6.07, 6.45) is 6.34. The first kappa shape index (κ1) is 11.0. The Morgan fingerprint density at radius 1 is 1.46 bits per heavy atom. The highest BCUT2D eigenvalue weighted by Gasteiger charge is 2.27. The van der Waals surface area contributed by atoms with Gasteiger partial charge in [-0.25, -0.2) is 0 Å². The molecule has 2 nitrogen and oxygen atoms in total. The molecule has 13 heavy (non-hydrogen) atoms. The fourth-order valence-corrected chi connectivity index (χ4v) is 2.49. The molecule has 1 rings (SSSR count). The van der Waals surface area contributed by atoms with Crippen LogP contribution in [-0.4, -0.2) is 19.8 Å². The summed E-state index contributed by atoms with van der Waals surface area (Å²) in [5.41, 5.74) is 6.15. The number of hydrogen-bond acceptors (Lipinski definition) is 2. The van der Waals surface area contributed by atoms with Crippen LogP contribution in [0.15, 0.2) is 0 Å². The fraction of sp³-hybridized carbons (Fsp3) is 1.00. The summed E-state index contributed by atoms with van der Waals surface area (Å²) in [7, 11) is 1.75. The van der Waals surface area contributed by atoms with Gasteiger partial charge >= 0.3 is 0 Å². The van der Waals surface area contributed by atoms with E-state index in [4.69, 9.17) is 10.5 Å². The molecule has 0 spiro atoms. The van der Waals surface area contributed by atoms with Gasteiger partial charge in [-0.2, -0.15) is 0 Å². The molecule has 1 saturated carbocycles. The lowest BCUT2D eigenvalue weighted by atomic mass is 9.88. The zero-order valence-corrected chi connectivity index (χ0v) is 8.96. The van der Waals surface area contributed by atoms with Crippen molar-refractivity contribution < 1.29 is 4.74 Å². The molecule has 0 aromatic carbocycles. The van der Waals surface area contributed by atoms with Gasteiger partial charge in [0, 0.05) is 19.8 Å². The third-order valence-corrected chi connectivity index (χ3v) is 3.36. The van der Waals surface area contributed by atoms with Crippen LogP contribution in [0.1, 0.15) is 39.0 Å². The number of hydrogen-bond donors (Lipinski definition) is 1. The van der Waals surface area contributed by atoms with Gasteiger partial charge in [0.15, 0.2) is 0 Å². The second-order valence-corrected chi connectivity index (χ2v) is 4.37. The average molecular weight is 185 g/mol. The average Bonchev–Trinajstić information content (AvgIpc) is 2.52. The molecule has 2 N–H and O–H groups in total. The van der Waals surface area contributed by atoms with E-state index in [1.807, 2.05) is 0 Å².